The van der Waals surface area contributed by atoms with E-state index in [1.165, 1.54) is 45.3 Å². The van der Waals surface area contributed by atoms with Crippen LogP contribution < -0.4 is 0 Å². The number of likely N-dealkylation sites (tertiary alicyclic amines) is 2. The number of nitrogens with zero attached hydrogens (tertiary/aromatic N) is 2. The van der Waals surface area contributed by atoms with Crippen molar-refractivity contribution < 1.29 is 4.74 Å². The molecular weight excluding hydrogens is 284 g/mol. The second-order valence-corrected chi connectivity index (χ2v) is 10.00. The van der Waals surface area contributed by atoms with Crippen LogP contribution in [0.3, 0.4) is 0 Å². The van der Waals surface area contributed by atoms with Gasteiger partial charge in [0.05, 0.1) is 12.2 Å². The smallest absolute Gasteiger partial charge is 0.0598 e. The maximum Gasteiger partial charge on any atom is 0.0598 e. The first-order valence-electron chi connectivity index (χ1n) is 9.65. The standard InChI is InChI=1S/C20H40N2O/c1-19(2,3)11-14-22-12-8-9-17(22)18-16(10-13-21(18)7)15-23-20(4,5)6/h16-18H,8-15H2,1-7H3. The fraction of sp³-hybridized carbons (Fsp3) is 1.00. The van der Waals surface area contributed by atoms with E-state index in [-0.39, 0.29) is 5.60 Å². The lowest BCUT2D eigenvalue weighted by Crippen LogP contribution is -2.49. The van der Waals surface area contributed by atoms with Crippen molar-refractivity contribution >= 4 is 0 Å². The summed E-state index contributed by atoms with van der Waals surface area (Å²) in [4.78, 5) is 5.39. The molecule has 2 fully saturated rings. The topological polar surface area (TPSA) is 15.7 Å². The summed E-state index contributed by atoms with van der Waals surface area (Å²) in [5.41, 5.74) is 0.413. The van der Waals surface area contributed by atoms with Gasteiger partial charge in [0, 0.05) is 18.0 Å². The lowest BCUT2D eigenvalue weighted by molar-refractivity contribution is -0.0332. The first-order chi connectivity index (χ1) is 10.6. The first-order valence-corrected chi connectivity index (χ1v) is 9.65. The lowest BCUT2D eigenvalue weighted by Gasteiger charge is -2.38. The molecule has 2 aliphatic rings. The molecule has 3 atom stereocenters. The van der Waals surface area contributed by atoms with Crippen LogP contribution in [0, 0.1) is 11.3 Å². The van der Waals surface area contributed by atoms with E-state index in [1.807, 2.05) is 0 Å². The number of hydrogen-bond acceptors (Lipinski definition) is 3. The van der Waals surface area contributed by atoms with Gasteiger partial charge in [-0.1, -0.05) is 20.8 Å². The van der Waals surface area contributed by atoms with Crippen molar-refractivity contribution in [2.45, 2.75) is 84.9 Å². The van der Waals surface area contributed by atoms with E-state index in [2.05, 4.69) is 58.4 Å². The van der Waals surface area contributed by atoms with E-state index in [0.29, 0.717) is 17.4 Å². The van der Waals surface area contributed by atoms with Gasteiger partial charge in [-0.2, -0.15) is 0 Å². The fourth-order valence-electron chi connectivity index (χ4n) is 4.19. The van der Waals surface area contributed by atoms with Crippen molar-refractivity contribution in [2.24, 2.45) is 11.3 Å². The molecule has 2 saturated heterocycles. The molecule has 0 aromatic carbocycles. The van der Waals surface area contributed by atoms with Crippen molar-refractivity contribution in [3.05, 3.63) is 0 Å². The third kappa shape index (κ3) is 5.72. The molecule has 136 valence electrons. The fourth-order valence-corrected chi connectivity index (χ4v) is 4.19. The Bertz CT molecular complexity index is 369. The van der Waals surface area contributed by atoms with Gasteiger partial charge in [-0.3, -0.25) is 4.90 Å². The Morgan fingerprint density at radius 1 is 1.00 bits per heavy atom. The zero-order valence-electron chi connectivity index (χ0n) is 16.7. The number of ether oxygens (including phenoxy) is 1. The van der Waals surface area contributed by atoms with Gasteiger partial charge in [0.25, 0.3) is 0 Å². The molecule has 3 unspecified atom stereocenters. The van der Waals surface area contributed by atoms with E-state index in [4.69, 9.17) is 4.74 Å². The lowest BCUT2D eigenvalue weighted by atomic mass is 9.90. The number of rotatable bonds is 5. The van der Waals surface area contributed by atoms with Gasteiger partial charge in [0.2, 0.25) is 0 Å². The maximum absolute atomic E-state index is 6.16. The van der Waals surface area contributed by atoms with E-state index in [0.717, 1.165) is 12.6 Å². The van der Waals surface area contributed by atoms with Crippen molar-refractivity contribution in [2.75, 3.05) is 33.3 Å². The van der Waals surface area contributed by atoms with E-state index < -0.39 is 0 Å². The van der Waals surface area contributed by atoms with Crippen LogP contribution in [0.15, 0.2) is 0 Å². The highest BCUT2D eigenvalue weighted by Gasteiger charge is 2.42. The molecule has 2 rings (SSSR count). The molecule has 0 spiro atoms. The molecule has 0 aromatic heterocycles. The van der Waals surface area contributed by atoms with Crippen molar-refractivity contribution in [3.8, 4) is 0 Å². The highest BCUT2D eigenvalue weighted by atomic mass is 16.5. The zero-order chi connectivity index (χ0) is 17.3. The molecule has 0 aromatic rings. The van der Waals surface area contributed by atoms with Gasteiger partial charge in [0.1, 0.15) is 0 Å². The molecule has 0 radical (unpaired) electrons. The Labute approximate surface area is 144 Å². The van der Waals surface area contributed by atoms with Gasteiger partial charge >= 0.3 is 0 Å². The molecule has 0 aliphatic carbocycles. The Balaban J connectivity index is 1.98. The maximum atomic E-state index is 6.16. The van der Waals surface area contributed by atoms with Crippen LogP contribution in [0.4, 0.5) is 0 Å². The average molecular weight is 325 g/mol. The largest absolute Gasteiger partial charge is 0.376 e. The van der Waals surface area contributed by atoms with Gasteiger partial charge in [0.15, 0.2) is 0 Å². The highest BCUT2D eigenvalue weighted by Crippen LogP contribution is 2.34. The van der Waals surface area contributed by atoms with Crippen molar-refractivity contribution in [1.29, 1.82) is 0 Å². The van der Waals surface area contributed by atoms with Crippen molar-refractivity contribution in [3.63, 3.8) is 0 Å². The molecule has 23 heavy (non-hydrogen) atoms. The SMILES string of the molecule is CN1CCC(COC(C)(C)C)C1C1CCCN1CCC(C)(C)C. The van der Waals surface area contributed by atoms with E-state index >= 15 is 0 Å². The van der Waals surface area contributed by atoms with E-state index in [9.17, 15) is 0 Å². The summed E-state index contributed by atoms with van der Waals surface area (Å²) in [6.45, 7) is 18.3. The van der Waals surface area contributed by atoms with Crippen LogP contribution in [-0.4, -0.2) is 60.8 Å². The third-order valence-corrected chi connectivity index (χ3v) is 5.53. The average Bonchev–Trinajstić information content (AvgIpc) is 2.98. The van der Waals surface area contributed by atoms with Crippen LogP contribution in [0.1, 0.15) is 67.2 Å². The summed E-state index contributed by atoms with van der Waals surface area (Å²) in [7, 11) is 2.32. The first kappa shape index (κ1) is 19.2. The van der Waals surface area contributed by atoms with Crippen LogP contribution in [0.5, 0.6) is 0 Å². The molecule has 2 heterocycles. The van der Waals surface area contributed by atoms with Gasteiger partial charge in [-0.05, 0) is 78.6 Å². The van der Waals surface area contributed by atoms with E-state index in [1.54, 1.807) is 0 Å². The zero-order valence-corrected chi connectivity index (χ0v) is 16.7. The minimum atomic E-state index is -0.0205. The van der Waals surface area contributed by atoms with Crippen LogP contribution >= 0.6 is 0 Å². The predicted octanol–water partition coefficient (Wildman–Crippen LogP) is 4.02. The Morgan fingerprint density at radius 3 is 2.30 bits per heavy atom. The molecule has 0 N–H and O–H groups in total. The normalized spacial score (nSPS) is 31.2. The predicted molar refractivity (Wildman–Crippen MR) is 98.9 cm³/mol. The summed E-state index contributed by atoms with van der Waals surface area (Å²) >= 11 is 0. The molecule has 2 aliphatic heterocycles. The Morgan fingerprint density at radius 2 is 1.70 bits per heavy atom. The number of hydrogen-bond donors (Lipinski definition) is 0. The minimum absolute atomic E-state index is 0.0205. The molecule has 3 nitrogen and oxygen atoms in total. The van der Waals surface area contributed by atoms with Gasteiger partial charge < -0.3 is 9.64 Å². The number of likely N-dealkylation sites (N-methyl/N-ethyl adjacent to an activating group) is 1. The summed E-state index contributed by atoms with van der Waals surface area (Å²) in [5.74, 6) is 0.694. The Hall–Kier alpha value is -0.120. The molecule has 0 saturated carbocycles. The summed E-state index contributed by atoms with van der Waals surface area (Å²) in [6, 6.07) is 1.42. The highest BCUT2D eigenvalue weighted by molar-refractivity contribution is 4.97. The van der Waals surface area contributed by atoms with Gasteiger partial charge in [-0.25, -0.2) is 0 Å². The van der Waals surface area contributed by atoms with Gasteiger partial charge in [-0.15, -0.1) is 0 Å². The minimum Gasteiger partial charge on any atom is -0.376 e. The summed E-state index contributed by atoms with van der Waals surface area (Å²) in [6.07, 6.45) is 5.32. The second-order valence-electron chi connectivity index (χ2n) is 10.00. The molecular formula is C20H40N2O. The summed E-state index contributed by atoms with van der Waals surface area (Å²) in [5, 5.41) is 0. The second kappa shape index (κ2) is 7.41. The van der Waals surface area contributed by atoms with Crippen LogP contribution in [-0.2, 0) is 4.74 Å². The molecule has 3 heteroatoms. The van der Waals surface area contributed by atoms with Crippen LogP contribution in [0.2, 0.25) is 0 Å². The molecule has 0 amide bonds. The van der Waals surface area contributed by atoms with Crippen LogP contribution in [0.25, 0.3) is 0 Å². The quantitative estimate of drug-likeness (QED) is 0.759. The third-order valence-electron chi connectivity index (χ3n) is 5.53. The summed E-state index contributed by atoms with van der Waals surface area (Å²) < 4.78 is 6.16. The molecule has 0 bridgehead atoms. The van der Waals surface area contributed by atoms with Crippen molar-refractivity contribution in [1.82, 2.24) is 9.80 Å². The monoisotopic (exact) mass is 324 g/mol. The Kier molecular flexibility index (Phi) is 6.19.